The molecule has 2 aromatic rings. The van der Waals surface area contributed by atoms with E-state index in [0.29, 0.717) is 17.9 Å². The molecule has 0 spiro atoms. The zero-order valence-corrected chi connectivity index (χ0v) is 16.9. The topological polar surface area (TPSA) is 70.7 Å². The first kappa shape index (κ1) is 20.7. The Bertz CT molecular complexity index is 814. The van der Waals surface area contributed by atoms with Crippen molar-refractivity contribution in [2.45, 2.75) is 32.6 Å². The predicted octanol–water partition coefficient (Wildman–Crippen LogP) is 4.15. The van der Waals surface area contributed by atoms with Gasteiger partial charge in [0.05, 0.1) is 13.2 Å². The molecule has 2 aromatic carbocycles. The Balaban J connectivity index is 1.47. The van der Waals surface area contributed by atoms with E-state index in [9.17, 15) is 9.59 Å². The zero-order chi connectivity index (χ0) is 20.5. The van der Waals surface area contributed by atoms with Crippen LogP contribution in [0, 0.1) is 0 Å². The van der Waals surface area contributed by atoms with Gasteiger partial charge in [-0.2, -0.15) is 0 Å². The summed E-state index contributed by atoms with van der Waals surface area (Å²) in [5, 5.41) is 5.96. The average molecular weight is 396 g/mol. The molecule has 0 bridgehead atoms. The summed E-state index contributed by atoms with van der Waals surface area (Å²) < 4.78 is 5.69. The number of benzene rings is 2. The van der Waals surface area contributed by atoms with Crippen LogP contribution in [0.5, 0.6) is 5.75 Å². The maximum Gasteiger partial charge on any atom is 0.253 e. The van der Waals surface area contributed by atoms with E-state index in [-0.39, 0.29) is 18.4 Å². The van der Waals surface area contributed by atoms with Crippen molar-refractivity contribution in [3.05, 3.63) is 54.1 Å². The Morgan fingerprint density at radius 1 is 1.03 bits per heavy atom. The van der Waals surface area contributed by atoms with Gasteiger partial charge in [0, 0.05) is 36.1 Å². The molecule has 2 N–H and O–H groups in total. The molecule has 1 fully saturated rings. The Hall–Kier alpha value is -3.02. The molecule has 29 heavy (non-hydrogen) atoms. The summed E-state index contributed by atoms with van der Waals surface area (Å²) in [5.74, 6) is 0.700. The number of anilines is 2. The summed E-state index contributed by atoms with van der Waals surface area (Å²) in [4.78, 5) is 26.5. The van der Waals surface area contributed by atoms with Gasteiger partial charge in [0.25, 0.3) is 5.91 Å². The summed E-state index contributed by atoms with van der Waals surface area (Å²) in [6.45, 7) is 4.62. The van der Waals surface area contributed by atoms with E-state index in [4.69, 9.17) is 4.74 Å². The van der Waals surface area contributed by atoms with Gasteiger partial charge in [-0.25, -0.2) is 0 Å². The average Bonchev–Trinajstić information content (AvgIpc) is 3.28. The Kier molecular flexibility index (Phi) is 7.50. The van der Waals surface area contributed by atoms with E-state index in [0.717, 1.165) is 50.2 Å². The molecule has 1 saturated heterocycles. The molecule has 6 heteroatoms. The number of nitrogens with one attached hydrogen (secondary N) is 2. The fourth-order valence-corrected chi connectivity index (χ4v) is 3.22. The molecule has 1 aliphatic heterocycles. The summed E-state index contributed by atoms with van der Waals surface area (Å²) in [5.41, 5.74) is 2.16. The standard InChI is InChI=1S/C23H29N3O3/c1-2-3-15-29-21-8-6-7-20(16-21)24-17-22(27)25-19-11-9-18(10-12-19)23(28)26-13-4-5-14-26/h6-12,16,24H,2-5,13-15,17H2,1H3,(H,25,27). The highest BCUT2D eigenvalue weighted by Gasteiger charge is 2.19. The third-order valence-electron chi connectivity index (χ3n) is 4.86. The van der Waals surface area contributed by atoms with Gasteiger partial charge in [-0.1, -0.05) is 19.4 Å². The van der Waals surface area contributed by atoms with E-state index in [1.807, 2.05) is 29.2 Å². The number of unbranched alkanes of at least 4 members (excludes halogenated alkanes) is 1. The second kappa shape index (κ2) is 10.5. The molecule has 0 aromatic heterocycles. The summed E-state index contributed by atoms with van der Waals surface area (Å²) >= 11 is 0. The fourth-order valence-electron chi connectivity index (χ4n) is 3.22. The first-order valence-electron chi connectivity index (χ1n) is 10.3. The van der Waals surface area contributed by atoms with Crippen molar-refractivity contribution in [2.75, 3.05) is 36.9 Å². The lowest BCUT2D eigenvalue weighted by Crippen LogP contribution is -2.27. The quantitative estimate of drug-likeness (QED) is 0.626. The Labute approximate surface area is 172 Å². The van der Waals surface area contributed by atoms with Crippen molar-refractivity contribution < 1.29 is 14.3 Å². The van der Waals surface area contributed by atoms with Gasteiger partial charge < -0.3 is 20.3 Å². The molecular formula is C23H29N3O3. The smallest absolute Gasteiger partial charge is 0.253 e. The minimum absolute atomic E-state index is 0.0584. The van der Waals surface area contributed by atoms with Gasteiger partial charge in [0.2, 0.25) is 5.91 Å². The predicted molar refractivity (Wildman–Crippen MR) is 116 cm³/mol. The highest BCUT2D eigenvalue weighted by Crippen LogP contribution is 2.18. The maximum absolute atomic E-state index is 12.4. The van der Waals surface area contributed by atoms with Crippen LogP contribution in [0.2, 0.25) is 0 Å². The molecule has 0 unspecified atom stereocenters. The monoisotopic (exact) mass is 395 g/mol. The number of hydrogen-bond donors (Lipinski definition) is 2. The van der Waals surface area contributed by atoms with Crippen molar-refractivity contribution in [1.82, 2.24) is 4.90 Å². The largest absolute Gasteiger partial charge is 0.494 e. The number of likely N-dealkylation sites (tertiary alicyclic amines) is 1. The molecule has 0 atom stereocenters. The third-order valence-corrected chi connectivity index (χ3v) is 4.86. The highest BCUT2D eigenvalue weighted by molar-refractivity contribution is 5.96. The van der Waals surface area contributed by atoms with Gasteiger partial charge in [0.15, 0.2) is 0 Å². The lowest BCUT2D eigenvalue weighted by Gasteiger charge is -2.15. The molecule has 154 valence electrons. The first-order valence-corrected chi connectivity index (χ1v) is 10.3. The molecule has 1 aliphatic rings. The molecule has 1 heterocycles. The highest BCUT2D eigenvalue weighted by atomic mass is 16.5. The molecule has 3 rings (SSSR count). The van der Waals surface area contributed by atoms with Crippen LogP contribution in [-0.4, -0.2) is 43.0 Å². The zero-order valence-electron chi connectivity index (χ0n) is 16.9. The SMILES string of the molecule is CCCCOc1cccc(NCC(=O)Nc2ccc(C(=O)N3CCCC3)cc2)c1. The normalized spacial score (nSPS) is 13.2. The van der Waals surface area contributed by atoms with Gasteiger partial charge in [-0.15, -0.1) is 0 Å². The van der Waals surface area contributed by atoms with Crippen LogP contribution in [0.3, 0.4) is 0 Å². The summed E-state index contributed by atoms with van der Waals surface area (Å²) in [7, 11) is 0. The lowest BCUT2D eigenvalue weighted by atomic mass is 10.2. The number of amides is 2. The Morgan fingerprint density at radius 3 is 2.52 bits per heavy atom. The number of rotatable bonds is 9. The van der Waals surface area contributed by atoms with Crippen LogP contribution in [0.25, 0.3) is 0 Å². The van der Waals surface area contributed by atoms with Gasteiger partial charge in [-0.05, 0) is 55.7 Å². The maximum atomic E-state index is 12.4. The van der Waals surface area contributed by atoms with E-state index in [2.05, 4.69) is 17.6 Å². The van der Waals surface area contributed by atoms with E-state index in [1.54, 1.807) is 24.3 Å². The van der Waals surface area contributed by atoms with Gasteiger partial charge in [0.1, 0.15) is 5.75 Å². The number of carbonyl (C=O) groups excluding carboxylic acids is 2. The van der Waals surface area contributed by atoms with Crippen LogP contribution in [0.1, 0.15) is 43.0 Å². The summed E-state index contributed by atoms with van der Waals surface area (Å²) in [6.07, 6.45) is 4.25. The van der Waals surface area contributed by atoms with Gasteiger partial charge in [-0.3, -0.25) is 9.59 Å². The van der Waals surface area contributed by atoms with Crippen LogP contribution in [0.15, 0.2) is 48.5 Å². The van der Waals surface area contributed by atoms with Crippen molar-refractivity contribution in [1.29, 1.82) is 0 Å². The second-order valence-electron chi connectivity index (χ2n) is 7.21. The van der Waals surface area contributed by atoms with E-state index >= 15 is 0 Å². The van der Waals surface area contributed by atoms with Crippen LogP contribution < -0.4 is 15.4 Å². The van der Waals surface area contributed by atoms with Crippen molar-refractivity contribution in [3.8, 4) is 5.75 Å². The van der Waals surface area contributed by atoms with Crippen molar-refractivity contribution in [3.63, 3.8) is 0 Å². The van der Waals surface area contributed by atoms with E-state index in [1.165, 1.54) is 0 Å². The number of nitrogens with zero attached hydrogens (tertiary/aromatic N) is 1. The third kappa shape index (κ3) is 6.24. The number of carbonyl (C=O) groups is 2. The minimum atomic E-state index is -0.152. The summed E-state index contributed by atoms with van der Waals surface area (Å²) in [6, 6.07) is 14.7. The van der Waals surface area contributed by atoms with Crippen LogP contribution in [-0.2, 0) is 4.79 Å². The molecule has 0 saturated carbocycles. The Morgan fingerprint density at radius 2 is 1.79 bits per heavy atom. The van der Waals surface area contributed by atoms with Crippen LogP contribution >= 0.6 is 0 Å². The van der Waals surface area contributed by atoms with Crippen LogP contribution in [0.4, 0.5) is 11.4 Å². The first-order chi connectivity index (χ1) is 14.2. The lowest BCUT2D eigenvalue weighted by molar-refractivity contribution is -0.114. The molecular weight excluding hydrogens is 366 g/mol. The minimum Gasteiger partial charge on any atom is -0.494 e. The number of hydrogen-bond acceptors (Lipinski definition) is 4. The van der Waals surface area contributed by atoms with Crippen molar-refractivity contribution >= 4 is 23.2 Å². The van der Waals surface area contributed by atoms with Gasteiger partial charge >= 0.3 is 0 Å². The van der Waals surface area contributed by atoms with E-state index < -0.39 is 0 Å². The molecule has 6 nitrogen and oxygen atoms in total. The molecule has 0 aliphatic carbocycles. The molecule has 2 amide bonds. The molecule has 0 radical (unpaired) electrons. The second-order valence-corrected chi connectivity index (χ2v) is 7.21. The number of ether oxygens (including phenoxy) is 1. The van der Waals surface area contributed by atoms with Crippen molar-refractivity contribution in [2.24, 2.45) is 0 Å². The fraction of sp³-hybridized carbons (Fsp3) is 0.391.